The highest BCUT2D eigenvalue weighted by atomic mass is 16.5. The first-order chi connectivity index (χ1) is 13.7. The number of carbonyl (C=O) groups is 2. The van der Waals surface area contributed by atoms with Gasteiger partial charge in [0.15, 0.2) is 0 Å². The molecular weight excluding hydrogens is 356 g/mol. The molecule has 2 amide bonds. The molecular formula is C21H26N4O3. The third kappa shape index (κ3) is 5.29. The molecule has 1 unspecified atom stereocenters. The minimum Gasteiger partial charge on any atom is -0.489 e. The summed E-state index contributed by atoms with van der Waals surface area (Å²) >= 11 is 0. The second-order valence-electron chi connectivity index (χ2n) is 6.85. The number of carbonyl (C=O) groups excluding carboxylic acids is 2. The molecule has 1 aliphatic heterocycles. The summed E-state index contributed by atoms with van der Waals surface area (Å²) in [4.78, 5) is 30.9. The largest absolute Gasteiger partial charge is 0.489 e. The maximum absolute atomic E-state index is 12.9. The van der Waals surface area contributed by atoms with Crippen molar-refractivity contribution >= 4 is 11.8 Å². The van der Waals surface area contributed by atoms with Crippen molar-refractivity contribution in [2.24, 2.45) is 11.7 Å². The van der Waals surface area contributed by atoms with E-state index in [9.17, 15) is 9.59 Å². The number of amides is 2. The van der Waals surface area contributed by atoms with Crippen LogP contribution in [0.1, 0.15) is 28.8 Å². The van der Waals surface area contributed by atoms with Gasteiger partial charge in [-0.05, 0) is 37.1 Å². The Labute approximate surface area is 164 Å². The lowest BCUT2D eigenvalue weighted by molar-refractivity contribution is -0.126. The van der Waals surface area contributed by atoms with Crippen LogP contribution in [0.4, 0.5) is 0 Å². The Hall–Kier alpha value is -2.93. The van der Waals surface area contributed by atoms with Gasteiger partial charge in [-0.3, -0.25) is 14.6 Å². The van der Waals surface area contributed by atoms with Crippen molar-refractivity contribution in [2.45, 2.75) is 19.4 Å². The van der Waals surface area contributed by atoms with E-state index in [1.165, 1.54) is 0 Å². The number of hydrogen-bond acceptors (Lipinski definition) is 5. The van der Waals surface area contributed by atoms with E-state index >= 15 is 0 Å². The molecule has 3 N–H and O–H groups in total. The molecule has 7 nitrogen and oxygen atoms in total. The summed E-state index contributed by atoms with van der Waals surface area (Å²) in [6.45, 7) is 2.33. The fourth-order valence-corrected chi connectivity index (χ4v) is 3.27. The normalized spacial score (nSPS) is 16.5. The number of rotatable bonds is 7. The summed E-state index contributed by atoms with van der Waals surface area (Å²) in [5, 5.41) is 2.82. The minimum absolute atomic E-state index is 0.0310. The van der Waals surface area contributed by atoms with Crippen molar-refractivity contribution in [3.8, 4) is 5.75 Å². The second kappa shape index (κ2) is 9.85. The number of nitrogens with zero attached hydrogens (tertiary/aromatic N) is 2. The van der Waals surface area contributed by atoms with Gasteiger partial charge in [-0.25, -0.2) is 0 Å². The number of likely N-dealkylation sites (tertiary alicyclic amines) is 1. The number of benzene rings is 1. The van der Waals surface area contributed by atoms with Gasteiger partial charge in [0.1, 0.15) is 12.4 Å². The first kappa shape index (κ1) is 19.8. The molecule has 1 aromatic heterocycles. The van der Waals surface area contributed by atoms with Crippen molar-refractivity contribution in [1.29, 1.82) is 0 Å². The number of hydrogen-bond donors (Lipinski definition) is 2. The van der Waals surface area contributed by atoms with Crippen LogP contribution in [0.2, 0.25) is 0 Å². The lowest BCUT2D eigenvalue weighted by Gasteiger charge is -2.32. The van der Waals surface area contributed by atoms with E-state index in [4.69, 9.17) is 10.5 Å². The monoisotopic (exact) mass is 382 g/mol. The number of aromatic nitrogens is 1. The standard InChI is InChI=1S/C21H26N4O3/c22-8-10-24-20(26)18-6-3-11-25(14-18)21(27)17-5-1-7-19(12-17)28-15-16-4-2-9-23-13-16/h1-2,4-5,7,9,12-13,18H,3,6,8,10-11,14-15,22H2,(H,24,26). The lowest BCUT2D eigenvalue weighted by atomic mass is 9.96. The highest BCUT2D eigenvalue weighted by Crippen LogP contribution is 2.21. The van der Waals surface area contributed by atoms with Crippen molar-refractivity contribution < 1.29 is 14.3 Å². The Morgan fingerprint density at radius 1 is 1.29 bits per heavy atom. The van der Waals surface area contributed by atoms with Crippen molar-refractivity contribution in [3.63, 3.8) is 0 Å². The summed E-state index contributed by atoms with van der Waals surface area (Å²) in [7, 11) is 0. The quantitative estimate of drug-likeness (QED) is 0.758. The SMILES string of the molecule is NCCNC(=O)C1CCCN(C(=O)c2cccc(OCc3cccnc3)c2)C1. The minimum atomic E-state index is -0.186. The van der Waals surface area contributed by atoms with Crippen LogP contribution >= 0.6 is 0 Å². The third-order valence-electron chi connectivity index (χ3n) is 4.73. The van der Waals surface area contributed by atoms with Crippen LogP contribution in [0.3, 0.4) is 0 Å². The molecule has 0 saturated carbocycles. The van der Waals surface area contributed by atoms with Gasteiger partial charge < -0.3 is 20.7 Å². The molecule has 1 fully saturated rings. The van der Waals surface area contributed by atoms with E-state index in [2.05, 4.69) is 10.3 Å². The molecule has 28 heavy (non-hydrogen) atoms. The predicted molar refractivity (Wildman–Crippen MR) is 106 cm³/mol. The van der Waals surface area contributed by atoms with Crippen molar-refractivity contribution in [2.75, 3.05) is 26.2 Å². The number of piperidine rings is 1. The molecule has 1 atom stereocenters. The lowest BCUT2D eigenvalue weighted by Crippen LogP contribution is -2.46. The molecule has 3 rings (SSSR count). The van der Waals surface area contributed by atoms with Crippen LogP contribution in [0.15, 0.2) is 48.8 Å². The fourth-order valence-electron chi connectivity index (χ4n) is 3.27. The molecule has 0 spiro atoms. The molecule has 0 bridgehead atoms. The summed E-state index contributed by atoms with van der Waals surface area (Å²) in [6, 6.07) is 10.9. The number of ether oxygens (including phenoxy) is 1. The van der Waals surface area contributed by atoms with Gasteiger partial charge in [0, 0.05) is 49.7 Å². The molecule has 0 radical (unpaired) electrons. The van der Waals surface area contributed by atoms with Crippen LogP contribution in [0.5, 0.6) is 5.75 Å². The smallest absolute Gasteiger partial charge is 0.254 e. The molecule has 0 aliphatic carbocycles. The average molecular weight is 382 g/mol. The highest BCUT2D eigenvalue weighted by molar-refractivity contribution is 5.95. The third-order valence-corrected chi connectivity index (χ3v) is 4.73. The Bertz CT molecular complexity index is 797. The number of pyridine rings is 1. The summed E-state index contributed by atoms with van der Waals surface area (Å²) < 4.78 is 5.79. The Morgan fingerprint density at radius 2 is 2.18 bits per heavy atom. The molecule has 7 heteroatoms. The maximum atomic E-state index is 12.9. The molecule has 1 aliphatic rings. The van der Waals surface area contributed by atoms with Crippen LogP contribution in [0, 0.1) is 5.92 Å². The maximum Gasteiger partial charge on any atom is 0.254 e. The number of nitrogens with two attached hydrogens (primary N) is 1. The fraction of sp³-hybridized carbons (Fsp3) is 0.381. The number of nitrogens with one attached hydrogen (secondary N) is 1. The first-order valence-electron chi connectivity index (χ1n) is 9.56. The summed E-state index contributed by atoms with van der Waals surface area (Å²) in [6.07, 6.45) is 5.06. The van der Waals surface area contributed by atoms with Gasteiger partial charge in [-0.15, -0.1) is 0 Å². The van der Waals surface area contributed by atoms with E-state index in [-0.39, 0.29) is 17.7 Å². The van der Waals surface area contributed by atoms with E-state index < -0.39 is 0 Å². The highest BCUT2D eigenvalue weighted by Gasteiger charge is 2.28. The Kier molecular flexibility index (Phi) is 6.97. The van der Waals surface area contributed by atoms with Crippen LogP contribution in [0.25, 0.3) is 0 Å². The molecule has 2 aromatic rings. The van der Waals surface area contributed by atoms with E-state index in [1.807, 2.05) is 18.2 Å². The van der Waals surface area contributed by atoms with Gasteiger partial charge in [-0.1, -0.05) is 12.1 Å². The summed E-state index contributed by atoms with van der Waals surface area (Å²) in [5.41, 5.74) is 6.96. The van der Waals surface area contributed by atoms with Crippen LogP contribution < -0.4 is 15.8 Å². The van der Waals surface area contributed by atoms with Crippen molar-refractivity contribution in [3.05, 3.63) is 59.9 Å². The van der Waals surface area contributed by atoms with Gasteiger partial charge in [0.25, 0.3) is 5.91 Å². The first-order valence-corrected chi connectivity index (χ1v) is 9.56. The molecule has 1 aromatic carbocycles. The predicted octanol–water partition coefficient (Wildman–Crippen LogP) is 1.59. The molecule has 2 heterocycles. The topological polar surface area (TPSA) is 97.6 Å². The summed E-state index contributed by atoms with van der Waals surface area (Å²) in [5.74, 6) is 0.331. The second-order valence-corrected chi connectivity index (χ2v) is 6.85. The average Bonchev–Trinajstić information content (AvgIpc) is 2.76. The zero-order valence-electron chi connectivity index (χ0n) is 15.8. The van der Waals surface area contributed by atoms with Gasteiger partial charge in [0.05, 0.1) is 5.92 Å². The van der Waals surface area contributed by atoms with Gasteiger partial charge in [0.2, 0.25) is 5.91 Å². The Balaban J connectivity index is 1.61. The molecule has 1 saturated heterocycles. The Morgan fingerprint density at radius 3 is 2.96 bits per heavy atom. The van der Waals surface area contributed by atoms with Crippen LogP contribution in [-0.2, 0) is 11.4 Å². The van der Waals surface area contributed by atoms with Gasteiger partial charge >= 0.3 is 0 Å². The van der Waals surface area contributed by atoms with E-state index in [0.29, 0.717) is 44.1 Å². The van der Waals surface area contributed by atoms with Gasteiger partial charge in [-0.2, -0.15) is 0 Å². The van der Waals surface area contributed by atoms with E-state index in [0.717, 1.165) is 18.4 Å². The molecule has 148 valence electrons. The van der Waals surface area contributed by atoms with Crippen LogP contribution in [-0.4, -0.2) is 47.9 Å². The zero-order valence-corrected chi connectivity index (χ0v) is 15.8. The zero-order chi connectivity index (χ0) is 19.8. The van der Waals surface area contributed by atoms with E-state index in [1.54, 1.807) is 35.5 Å². The van der Waals surface area contributed by atoms with Crippen molar-refractivity contribution in [1.82, 2.24) is 15.2 Å².